The number of thioether (sulfide) groups is 1. The first-order chi connectivity index (χ1) is 8.38. The predicted octanol–water partition coefficient (Wildman–Crippen LogP) is 3.94. The van der Waals surface area contributed by atoms with Crippen LogP contribution in [0.3, 0.4) is 0 Å². The van der Waals surface area contributed by atoms with Gasteiger partial charge in [0.15, 0.2) is 0 Å². The minimum absolute atomic E-state index is 0.653. The molecule has 1 nitrogen and oxygen atoms in total. The lowest BCUT2D eigenvalue weighted by atomic mass is 10.1. The first-order valence-electron chi connectivity index (χ1n) is 6.74. The summed E-state index contributed by atoms with van der Waals surface area (Å²) in [4.78, 5) is 0. The van der Waals surface area contributed by atoms with E-state index in [0.717, 1.165) is 11.8 Å². The highest BCUT2D eigenvalue weighted by molar-refractivity contribution is 7.99. The average molecular weight is 269 g/mol. The predicted molar refractivity (Wildman–Crippen MR) is 80.2 cm³/mol. The molecular formula is C14H23NS2. The molecule has 1 aliphatic carbocycles. The zero-order chi connectivity index (χ0) is 11.9. The van der Waals surface area contributed by atoms with Crippen molar-refractivity contribution in [3.05, 3.63) is 22.4 Å². The van der Waals surface area contributed by atoms with Crippen molar-refractivity contribution in [1.82, 2.24) is 5.32 Å². The van der Waals surface area contributed by atoms with Gasteiger partial charge >= 0.3 is 0 Å². The van der Waals surface area contributed by atoms with Crippen LogP contribution in [0.25, 0.3) is 0 Å². The maximum absolute atomic E-state index is 3.63. The van der Waals surface area contributed by atoms with Crippen molar-refractivity contribution < 1.29 is 0 Å². The molecule has 3 heteroatoms. The van der Waals surface area contributed by atoms with E-state index in [0.29, 0.717) is 6.04 Å². The Morgan fingerprint density at radius 2 is 2.29 bits per heavy atom. The van der Waals surface area contributed by atoms with Gasteiger partial charge in [0.2, 0.25) is 0 Å². The van der Waals surface area contributed by atoms with Crippen molar-refractivity contribution in [2.45, 2.75) is 50.3 Å². The maximum atomic E-state index is 3.63. The van der Waals surface area contributed by atoms with E-state index in [9.17, 15) is 0 Å². The van der Waals surface area contributed by atoms with Gasteiger partial charge in [0, 0.05) is 17.0 Å². The van der Waals surface area contributed by atoms with E-state index in [-0.39, 0.29) is 0 Å². The van der Waals surface area contributed by atoms with Crippen molar-refractivity contribution in [1.29, 1.82) is 0 Å². The highest BCUT2D eigenvalue weighted by Crippen LogP contribution is 2.30. The average Bonchev–Trinajstić information content (AvgIpc) is 2.99. The van der Waals surface area contributed by atoms with E-state index in [1.54, 1.807) is 0 Å². The molecule has 0 bridgehead atoms. The lowest BCUT2D eigenvalue weighted by molar-refractivity contribution is 0.572. The Morgan fingerprint density at radius 3 is 2.94 bits per heavy atom. The third kappa shape index (κ3) is 4.65. The van der Waals surface area contributed by atoms with E-state index in [2.05, 4.69) is 40.8 Å². The van der Waals surface area contributed by atoms with Gasteiger partial charge in [0.1, 0.15) is 0 Å². The molecule has 1 atom stereocenters. The molecule has 1 heterocycles. The highest BCUT2D eigenvalue weighted by atomic mass is 32.2. The van der Waals surface area contributed by atoms with Gasteiger partial charge in [-0.2, -0.15) is 23.1 Å². The van der Waals surface area contributed by atoms with Gasteiger partial charge in [-0.3, -0.25) is 0 Å². The molecule has 0 aromatic carbocycles. The maximum Gasteiger partial charge on any atom is 0.0198 e. The first-order valence-corrected chi connectivity index (χ1v) is 8.73. The summed E-state index contributed by atoms with van der Waals surface area (Å²) in [5, 5.41) is 9.04. The minimum Gasteiger partial charge on any atom is -0.313 e. The first kappa shape index (κ1) is 13.4. The Bertz CT molecular complexity index is 291. The summed E-state index contributed by atoms with van der Waals surface area (Å²) >= 11 is 4.00. The highest BCUT2D eigenvalue weighted by Gasteiger charge is 2.17. The van der Waals surface area contributed by atoms with Gasteiger partial charge in [-0.25, -0.2) is 0 Å². The second kappa shape index (κ2) is 7.45. The lowest BCUT2D eigenvalue weighted by Crippen LogP contribution is -2.33. The van der Waals surface area contributed by atoms with Crippen LogP contribution in [0.4, 0.5) is 0 Å². The Balaban J connectivity index is 1.75. The molecule has 1 aliphatic rings. The number of rotatable bonds is 7. The van der Waals surface area contributed by atoms with Gasteiger partial charge in [-0.1, -0.05) is 19.8 Å². The summed E-state index contributed by atoms with van der Waals surface area (Å²) in [7, 11) is 0. The van der Waals surface area contributed by atoms with Gasteiger partial charge in [-0.05, 0) is 48.2 Å². The number of thiophene rings is 1. The Hall–Kier alpha value is 0.01000. The SMILES string of the molecule is CCNC(CSC1CCCC1)Cc1ccsc1. The van der Waals surface area contributed by atoms with Gasteiger partial charge < -0.3 is 5.32 Å². The number of hydrogen-bond acceptors (Lipinski definition) is 3. The molecule has 1 N–H and O–H groups in total. The molecule has 0 spiro atoms. The Kier molecular flexibility index (Phi) is 5.89. The summed E-state index contributed by atoms with van der Waals surface area (Å²) in [6, 6.07) is 2.91. The summed E-state index contributed by atoms with van der Waals surface area (Å²) in [5.41, 5.74) is 1.49. The minimum atomic E-state index is 0.653. The molecule has 0 saturated heterocycles. The summed E-state index contributed by atoms with van der Waals surface area (Å²) < 4.78 is 0. The fourth-order valence-corrected chi connectivity index (χ4v) is 4.57. The molecule has 17 heavy (non-hydrogen) atoms. The standard InChI is InChI=1S/C14H23NS2/c1-2-15-13(9-12-7-8-16-10-12)11-17-14-5-3-4-6-14/h7-8,10,13-15H,2-6,9,11H2,1H3. The summed E-state index contributed by atoms with van der Waals surface area (Å²) in [6.07, 6.45) is 6.99. The zero-order valence-electron chi connectivity index (χ0n) is 10.7. The summed E-state index contributed by atoms with van der Waals surface area (Å²) in [5.74, 6) is 1.27. The van der Waals surface area contributed by atoms with Gasteiger partial charge in [0.05, 0.1) is 0 Å². The van der Waals surface area contributed by atoms with Crippen LogP contribution < -0.4 is 5.32 Å². The fourth-order valence-electron chi connectivity index (χ4n) is 2.48. The molecule has 1 aromatic heterocycles. The normalized spacial score (nSPS) is 18.6. The molecule has 0 amide bonds. The van der Waals surface area contributed by atoms with Gasteiger partial charge in [-0.15, -0.1) is 0 Å². The van der Waals surface area contributed by atoms with Crippen molar-refractivity contribution in [2.75, 3.05) is 12.3 Å². The number of hydrogen-bond donors (Lipinski definition) is 1. The second-order valence-corrected chi connectivity index (χ2v) is 6.94. The van der Waals surface area contributed by atoms with Crippen LogP contribution in [0, 0.1) is 0 Å². The summed E-state index contributed by atoms with van der Waals surface area (Å²) in [6.45, 7) is 3.29. The molecule has 0 radical (unpaired) electrons. The largest absolute Gasteiger partial charge is 0.313 e. The molecule has 2 rings (SSSR count). The van der Waals surface area contributed by atoms with Crippen LogP contribution in [0.5, 0.6) is 0 Å². The quantitative estimate of drug-likeness (QED) is 0.804. The van der Waals surface area contributed by atoms with Crippen LogP contribution in [0.2, 0.25) is 0 Å². The smallest absolute Gasteiger partial charge is 0.0198 e. The Labute approximate surface area is 113 Å². The van der Waals surface area contributed by atoms with E-state index in [1.165, 1.54) is 43.4 Å². The van der Waals surface area contributed by atoms with Crippen LogP contribution in [-0.2, 0) is 6.42 Å². The van der Waals surface area contributed by atoms with E-state index in [1.807, 2.05) is 11.3 Å². The second-order valence-electron chi connectivity index (χ2n) is 4.83. The van der Waals surface area contributed by atoms with Crippen LogP contribution in [-0.4, -0.2) is 23.6 Å². The monoisotopic (exact) mass is 269 g/mol. The molecule has 1 unspecified atom stereocenters. The third-order valence-corrected chi connectivity index (χ3v) is 5.66. The molecule has 96 valence electrons. The molecule has 0 aliphatic heterocycles. The van der Waals surface area contributed by atoms with E-state index >= 15 is 0 Å². The topological polar surface area (TPSA) is 12.0 Å². The third-order valence-electron chi connectivity index (χ3n) is 3.39. The molecule has 1 saturated carbocycles. The van der Waals surface area contributed by atoms with E-state index in [4.69, 9.17) is 0 Å². The van der Waals surface area contributed by atoms with E-state index < -0.39 is 0 Å². The van der Waals surface area contributed by atoms with Crippen LogP contribution in [0.15, 0.2) is 16.8 Å². The number of likely N-dealkylation sites (N-methyl/N-ethyl adjacent to an activating group) is 1. The fraction of sp³-hybridized carbons (Fsp3) is 0.714. The lowest BCUT2D eigenvalue weighted by Gasteiger charge is -2.19. The van der Waals surface area contributed by atoms with Crippen LogP contribution >= 0.6 is 23.1 Å². The number of nitrogens with one attached hydrogen (secondary N) is 1. The van der Waals surface area contributed by atoms with Crippen molar-refractivity contribution in [2.24, 2.45) is 0 Å². The molecule has 1 fully saturated rings. The van der Waals surface area contributed by atoms with Crippen LogP contribution in [0.1, 0.15) is 38.2 Å². The zero-order valence-corrected chi connectivity index (χ0v) is 12.3. The van der Waals surface area contributed by atoms with Gasteiger partial charge in [0.25, 0.3) is 0 Å². The van der Waals surface area contributed by atoms with Crippen molar-refractivity contribution in [3.63, 3.8) is 0 Å². The molecule has 1 aromatic rings. The van der Waals surface area contributed by atoms with Crippen molar-refractivity contribution in [3.8, 4) is 0 Å². The van der Waals surface area contributed by atoms with Crippen molar-refractivity contribution >= 4 is 23.1 Å². The molecular weight excluding hydrogens is 246 g/mol. The Morgan fingerprint density at radius 1 is 1.47 bits per heavy atom.